The van der Waals surface area contributed by atoms with Crippen LogP contribution in [0.2, 0.25) is 10.0 Å². The van der Waals surface area contributed by atoms with Crippen molar-refractivity contribution in [1.82, 2.24) is 0 Å². The molecule has 28 heavy (non-hydrogen) atoms. The minimum Gasteiger partial charge on any atom is -0.457 e. The highest BCUT2D eigenvalue weighted by molar-refractivity contribution is 6.35. The van der Waals surface area contributed by atoms with Crippen LogP contribution in [0.25, 0.3) is 17.4 Å². The van der Waals surface area contributed by atoms with E-state index >= 15 is 0 Å². The van der Waals surface area contributed by atoms with Crippen LogP contribution in [0.5, 0.6) is 0 Å². The fourth-order valence-electron chi connectivity index (χ4n) is 2.77. The molecule has 1 aromatic heterocycles. The molecule has 0 aliphatic carbocycles. The van der Waals surface area contributed by atoms with Crippen molar-refractivity contribution < 1.29 is 9.21 Å². The number of aryl methyl sites for hydroxylation is 1. The van der Waals surface area contributed by atoms with Crippen LogP contribution in [0.1, 0.15) is 31.1 Å². The van der Waals surface area contributed by atoms with E-state index in [0.29, 0.717) is 21.6 Å². The zero-order valence-corrected chi connectivity index (χ0v) is 17.1. The summed E-state index contributed by atoms with van der Waals surface area (Å²) in [6.45, 7) is 2.17. The van der Waals surface area contributed by atoms with E-state index in [1.165, 1.54) is 24.5 Å². The van der Waals surface area contributed by atoms with Gasteiger partial charge in [0.2, 0.25) is 5.91 Å². The summed E-state index contributed by atoms with van der Waals surface area (Å²) >= 11 is 12.1. The van der Waals surface area contributed by atoms with Gasteiger partial charge < -0.3 is 9.73 Å². The molecular weight excluding hydrogens is 393 g/mol. The summed E-state index contributed by atoms with van der Waals surface area (Å²) in [5, 5.41) is 3.92. The fraction of sp³-hybridized carbons (Fsp3) is 0.174. The lowest BCUT2D eigenvalue weighted by atomic mass is 10.1. The molecule has 5 heteroatoms. The average molecular weight is 414 g/mol. The van der Waals surface area contributed by atoms with Crippen LogP contribution < -0.4 is 5.32 Å². The Bertz CT molecular complexity index is 954. The van der Waals surface area contributed by atoms with Gasteiger partial charge in [0.1, 0.15) is 11.5 Å². The maximum atomic E-state index is 12.1. The lowest BCUT2D eigenvalue weighted by Gasteiger charge is -2.04. The molecular formula is C23H21Cl2NO2. The number of carbonyl (C=O) groups excluding carboxylic acids is 1. The number of hydrogen-bond acceptors (Lipinski definition) is 2. The largest absolute Gasteiger partial charge is 0.457 e. The van der Waals surface area contributed by atoms with Gasteiger partial charge in [-0.25, -0.2) is 0 Å². The normalized spacial score (nSPS) is 11.1. The molecule has 0 aliphatic heterocycles. The van der Waals surface area contributed by atoms with Gasteiger partial charge in [0.05, 0.1) is 0 Å². The standard InChI is InChI=1S/C23H21Cl2NO2/c1-2-3-4-16-5-7-20(8-6-16)26-23(27)12-10-21-9-11-22(28-21)17-13-18(24)15-19(25)14-17/h5-15H,2-4H2,1H3,(H,26,27)/b12-10+. The van der Waals surface area contributed by atoms with E-state index in [9.17, 15) is 4.79 Å². The highest BCUT2D eigenvalue weighted by Gasteiger charge is 2.06. The van der Waals surface area contributed by atoms with Gasteiger partial charge in [-0.05, 0) is 66.9 Å². The summed E-state index contributed by atoms with van der Waals surface area (Å²) < 4.78 is 5.75. The van der Waals surface area contributed by atoms with Crippen LogP contribution in [-0.4, -0.2) is 5.91 Å². The Morgan fingerprint density at radius 3 is 2.43 bits per heavy atom. The highest BCUT2D eigenvalue weighted by atomic mass is 35.5. The first-order chi connectivity index (χ1) is 13.5. The number of amides is 1. The molecule has 1 N–H and O–H groups in total. The second-order valence-electron chi connectivity index (χ2n) is 6.48. The lowest BCUT2D eigenvalue weighted by molar-refractivity contribution is -0.111. The van der Waals surface area contributed by atoms with Crippen molar-refractivity contribution in [3.63, 3.8) is 0 Å². The smallest absolute Gasteiger partial charge is 0.248 e. The van der Waals surface area contributed by atoms with Crippen LogP contribution >= 0.6 is 23.2 Å². The van der Waals surface area contributed by atoms with Gasteiger partial charge in [-0.1, -0.05) is 48.7 Å². The van der Waals surface area contributed by atoms with E-state index in [-0.39, 0.29) is 5.91 Å². The van der Waals surface area contributed by atoms with Crippen molar-refractivity contribution in [3.8, 4) is 11.3 Å². The number of unbranched alkanes of at least 4 members (excludes halogenated alkanes) is 1. The highest BCUT2D eigenvalue weighted by Crippen LogP contribution is 2.28. The quantitative estimate of drug-likeness (QED) is 0.414. The monoisotopic (exact) mass is 413 g/mol. The summed E-state index contributed by atoms with van der Waals surface area (Å²) in [6.07, 6.45) is 6.46. The maximum Gasteiger partial charge on any atom is 0.248 e. The van der Waals surface area contributed by atoms with Crippen LogP contribution in [0.3, 0.4) is 0 Å². The molecule has 0 saturated heterocycles. The van der Waals surface area contributed by atoms with Gasteiger partial charge in [-0.15, -0.1) is 0 Å². The Labute approximate surface area is 175 Å². The van der Waals surface area contributed by atoms with E-state index in [1.54, 1.807) is 30.3 Å². The summed E-state index contributed by atoms with van der Waals surface area (Å²) in [4.78, 5) is 12.1. The van der Waals surface area contributed by atoms with Crippen molar-refractivity contribution in [3.05, 3.63) is 82.0 Å². The fourth-order valence-corrected chi connectivity index (χ4v) is 3.30. The maximum absolute atomic E-state index is 12.1. The van der Waals surface area contributed by atoms with Crippen molar-refractivity contribution in [2.45, 2.75) is 26.2 Å². The molecule has 0 atom stereocenters. The molecule has 1 amide bonds. The number of furan rings is 1. The predicted octanol–water partition coefficient (Wildman–Crippen LogP) is 7.25. The third-order valence-corrected chi connectivity index (χ3v) is 4.65. The molecule has 3 rings (SSSR count). The van der Waals surface area contributed by atoms with E-state index < -0.39 is 0 Å². The Morgan fingerprint density at radius 2 is 1.75 bits per heavy atom. The number of halogens is 2. The molecule has 3 aromatic rings. The minimum absolute atomic E-state index is 0.218. The van der Waals surface area contributed by atoms with Gasteiger partial charge in [0.15, 0.2) is 0 Å². The predicted molar refractivity (Wildman–Crippen MR) is 117 cm³/mol. The average Bonchev–Trinajstić information content (AvgIpc) is 3.14. The third-order valence-electron chi connectivity index (χ3n) is 4.21. The molecule has 1 heterocycles. The van der Waals surface area contributed by atoms with Crippen LogP contribution in [-0.2, 0) is 11.2 Å². The van der Waals surface area contributed by atoms with Crippen LogP contribution in [0, 0.1) is 0 Å². The van der Waals surface area contributed by atoms with Crippen molar-refractivity contribution >= 4 is 40.9 Å². The number of rotatable bonds is 7. The van der Waals surface area contributed by atoms with Gasteiger partial charge in [-0.3, -0.25) is 4.79 Å². The molecule has 0 bridgehead atoms. The van der Waals surface area contributed by atoms with Gasteiger partial charge in [0, 0.05) is 27.4 Å². The minimum atomic E-state index is -0.218. The number of hydrogen-bond donors (Lipinski definition) is 1. The van der Waals surface area contributed by atoms with Gasteiger partial charge in [-0.2, -0.15) is 0 Å². The molecule has 0 saturated carbocycles. The van der Waals surface area contributed by atoms with Crippen molar-refractivity contribution in [1.29, 1.82) is 0 Å². The van der Waals surface area contributed by atoms with Crippen molar-refractivity contribution in [2.24, 2.45) is 0 Å². The molecule has 3 nitrogen and oxygen atoms in total. The first kappa shape index (κ1) is 20.2. The molecule has 2 aromatic carbocycles. The zero-order chi connectivity index (χ0) is 19.9. The number of anilines is 1. The molecule has 144 valence electrons. The summed E-state index contributed by atoms with van der Waals surface area (Å²) in [5.74, 6) is 0.980. The topological polar surface area (TPSA) is 42.2 Å². The van der Waals surface area contributed by atoms with E-state index in [0.717, 1.165) is 17.7 Å². The number of carbonyl (C=O) groups is 1. The third kappa shape index (κ3) is 5.75. The molecule has 0 fully saturated rings. The van der Waals surface area contributed by atoms with Crippen LogP contribution in [0.4, 0.5) is 5.69 Å². The molecule has 0 unspecified atom stereocenters. The lowest BCUT2D eigenvalue weighted by Crippen LogP contribution is -2.07. The van der Waals surface area contributed by atoms with E-state index in [2.05, 4.69) is 12.2 Å². The number of benzene rings is 2. The summed E-state index contributed by atoms with van der Waals surface area (Å²) in [7, 11) is 0. The molecule has 0 aliphatic rings. The zero-order valence-electron chi connectivity index (χ0n) is 15.5. The molecule has 0 spiro atoms. The summed E-state index contributed by atoms with van der Waals surface area (Å²) in [6, 6.07) is 16.7. The second kappa shape index (κ2) is 9.63. The van der Waals surface area contributed by atoms with E-state index in [4.69, 9.17) is 27.6 Å². The van der Waals surface area contributed by atoms with Crippen molar-refractivity contribution in [2.75, 3.05) is 5.32 Å². The van der Waals surface area contributed by atoms with Crippen LogP contribution in [0.15, 0.2) is 65.1 Å². The first-order valence-electron chi connectivity index (χ1n) is 9.18. The second-order valence-corrected chi connectivity index (χ2v) is 7.36. The molecule has 0 radical (unpaired) electrons. The number of nitrogens with one attached hydrogen (secondary N) is 1. The van der Waals surface area contributed by atoms with Gasteiger partial charge >= 0.3 is 0 Å². The Hall–Kier alpha value is -2.49. The summed E-state index contributed by atoms with van der Waals surface area (Å²) in [5.41, 5.74) is 2.83. The van der Waals surface area contributed by atoms with E-state index in [1.807, 2.05) is 30.3 Å². The Morgan fingerprint density at radius 1 is 1.04 bits per heavy atom. The Balaban J connectivity index is 1.61. The Kier molecular flexibility index (Phi) is 6.96. The SMILES string of the molecule is CCCCc1ccc(NC(=O)/C=C/c2ccc(-c3cc(Cl)cc(Cl)c3)o2)cc1. The van der Waals surface area contributed by atoms with Gasteiger partial charge in [0.25, 0.3) is 0 Å². The first-order valence-corrected chi connectivity index (χ1v) is 9.93.